The number of carbonyl (C=O) groups excluding carboxylic acids is 1. The molecule has 23 heavy (non-hydrogen) atoms. The van der Waals surface area contributed by atoms with Crippen LogP contribution in [-0.4, -0.2) is 43.7 Å². The molecule has 2 N–H and O–H groups in total. The molecular formula is C18H29ClN2O2. The van der Waals surface area contributed by atoms with Crippen LogP contribution in [0.1, 0.15) is 31.2 Å². The molecule has 1 aliphatic carbocycles. The van der Waals surface area contributed by atoms with E-state index < -0.39 is 0 Å². The topological polar surface area (TPSA) is 55.6 Å². The van der Waals surface area contributed by atoms with Crippen LogP contribution in [0.3, 0.4) is 0 Å². The van der Waals surface area contributed by atoms with E-state index in [-0.39, 0.29) is 24.4 Å². The Morgan fingerprint density at radius 3 is 2.61 bits per heavy atom. The first-order valence-corrected chi connectivity index (χ1v) is 8.27. The molecule has 2 rings (SSSR count). The van der Waals surface area contributed by atoms with Crippen molar-refractivity contribution in [1.29, 1.82) is 0 Å². The molecule has 1 amide bonds. The van der Waals surface area contributed by atoms with Crippen LogP contribution in [-0.2, 0) is 16.0 Å². The average molecular weight is 341 g/mol. The van der Waals surface area contributed by atoms with Crippen molar-refractivity contribution in [1.82, 2.24) is 4.90 Å². The number of ether oxygens (including phenoxy) is 1. The zero-order valence-corrected chi connectivity index (χ0v) is 14.8. The highest BCUT2D eigenvalue weighted by molar-refractivity contribution is 5.85. The van der Waals surface area contributed by atoms with E-state index >= 15 is 0 Å². The second kappa shape index (κ2) is 10.6. The first-order valence-electron chi connectivity index (χ1n) is 8.27. The van der Waals surface area contributed by atoms with Crippen molar-refractivity contribution in [2.75, 3.05) is 26.8 Å². The second-order valence-electron chi connectivity index (χ2n) is 6.17. The Hall–Kier alpha value is -1.10. The van der Waals surface area contributed by atoms with Gasteiger partial charge in [0.25, 0.3) is 0 Å². The number of hydrogen-bond acceptors (Lipinski definition) is 3. The van der Waals surface area contributed by atoms with Crippen molar-refractivity contribution in [3.05, 3.63) is 35.9 Å². The average Bonchev–Trinajstić information content (AvgIpc) is 2.93. The number of nitrogens with zero attached hydrogens (tertiary/aromatic N) is 1. The summed E-state index contributed by atoms with van der Waals surface area (Å²) in [5.74, 6) is 0.574. The predicted molar refractivity (Wildman–Crippen MR) is 95.8 cm³/mol. The molecule has 0 bridgehead atoms. The number of halogens is 1. The molecule has 4 nitrogen and oxygen atoms in total. The van der Waals surface area contributed by atoms with Gasteiger partial charge in [-0.3, -0.25) is 4.79 Å². The number of benzene rings is 1. The van der Waals surface area contributed by atoms with Crippen LogP contribution in [0.4, 0.5) is 0 Å². The van der Waals surface area contributed by atoms with Crippen LogP contribution >= 0.6 is 12.4 Å². The normalized spacial score (nSPS) is 20.1. The molecule has 1 saturated carbocycles. The first-order chi connectivity index (χ1) is 10.7. The molecule has 1 aromatic rings. The highest BCUT2D eigenvalue weighted by Gasteiger charge is 2.27. The van der Waals surface area contributed by atoms with Crippen molar-refractivity contribution in [3.63, 3.8) is 0 Å². The number of hydrogen-bond donors (Lipinski definition) is 1. The van der Waals surface area contributed by atoms with E-state index in [2.05, 4.69) is 12.1 Å². The van der Waals surface area contributed by atoms with Crippen molar-refractivity contribution in [2.45, 2.75) is 38.1 Å². The molecule has 0 heterocycles. The van der Waals surface area contributed by atoms with E-state index in [1.807, 2.05) is 23.1 Å². The van der Waals surface area contributed by atoms with Gasteiger partial charge in [0, 0.05) is 32.7 Å². The van der Waals surface area contributed by atoms with Gasteiger partial charge in [0.1, 0.15) is 0 Å². The van der Waals surface area contributed by atoms with E-state index in [1.54, 1.807) is 7.11 Å². The minimum Gasteiger partial charge on any atom is -0.383 e. The van der Waals surface area contributed by atoms with Crippen molar-refractivity contribution < 1.29 is 9.53 Å². The van der Waals surface area contributed by atoms with E-state index in [1.165, 1.54) is 5.56 Å². The zero-order valence-electron chi connectivity index (χ0n) is 13.9. The summed E-state index contributed by atoms with van der Waals surface area (Å²) in [5.41, 5.74) is 7.36. The lowest BCUT2D eigenvalue weighted by molar-refractivity contribution is -0.132. The molecule has 0 spiro atoms. The summed E-state index contributed by atoms with van der Waals surface area (Å²) < 4.78 is 5.15. The van der Waals surface area contributed by atoms with Crippen LogP contribution in [0.5, 0.6) is 0 Å². The van der Waals surface area contributed by atoms with Gasteiger partial charge in [0.15, 0.2) is 0 Å². The third-order valence-corrected chi connectivity index (χ3v) is 4.59. The molecular weight excluding hydrogens is 312 g/mol. The second-order valence-corrected chi connectivity index (χ2v) is 6.17. The third kappa shape index (κ3) is 6.50. The van der Waals surface area contributed by atoms with Gasteiger partial charge in [-0.2, -0.15) is 0 Å². The van der Waals surface area contributed by atoms with Crippen LogP contribution in [0.15, 0.2) is 30.3 Å². The fraction of sp³-hybridized carbons (Fsp3) is 0.611. The van der Waals surface area contributed by atoms with Crippen LogP contribution < -0.4 is 5.73 Å². The molecule has 0 aromatic heterocycles. The Balaban J connectivity index is 0.00000264. The highest BCUT2D eigenvalue weighted by Crippen LogP contribution is 2.27. The van der Waals surface area contributed by atoms with Gasteiger partial charge in [-0.15, -0.1) is 12.4 Å². The summed E-state index contributed by atoms with van der Waals surface area (Å²) in [6.07, 6.45) is 4.76. The Kier molecular flexibility index (Phi) is 9.22. The lowest BCUT2D eigenvalue weighted by atomic mass is 9.99. The quantitative estimate of drug-likeness (QED) is 0.791. The maximum Gasteiger partial charge on any atom is 0.222 e. The monoisotopic (exact) mass is 340 g/mol. The minimum absolute atomic E-state index is 0. The zero-order chi connectivity index (χ0) is 15.8. The van der Waals surface area contributed by atoms with Gasteiger partial charge in [-0.25, -0.2) is 0 Å². The van der Waals surface area contributed by atoms with Crippen LogP contribution in [0, 0.1) is 5.92 Å². The summed E-state index contributed by atoms with van der Waals surface area (Å²) in [4.78, 5) is 14.5. The molecule has 0 saturated heterocycles. The van der Waals surface area contributed by atoms with Crippen molar-refractivity contribution in [3.8, 4) is 0 Å². The summed E-state index contributed by atoms with van der Waals surface area (Å²) in [6.45, 7) is 1.98. The summed E-state index contributed by atoms with van der Waals surface area (Å²) in [5, 5.41) is 0. The van der Waals surface area contributed by atoms with E-state index in [0.717, 1.165) is 32.2 Å². The summed E-state index contributed by atoms with van der Waals surface area (Å²) in [7, 11) is 1.67. The fourth-order valence-electron chi connectivity index (χ4n) is 3.14. The van der Waals surface area contributed by atoms with Crippen LogP contribution in [0.2, 0.25) is 0 Å². The summed E-state index contributed by atoms with van der Waals surface area (Å²) in [6, 6.07) is 10.5. The van der Waals surface area contributed by atoms with Gasteiger partial charge in [-0.1, -0.05) is 36.8 Å². The minimum atomic E-state index is 0. The molecule has 0 radical (unpaired) electrons. The highest BCUT2D eigenvalue weighted by atomic mass is 35.5. The van der Waals surface area contributed by atoms with E-state index in [0.29, 0.717) is 25.5 Å². The number of nitrogens with two attached hydrogens (primary N) is 1. The Morgan fingerprint density at radius 2 is 2.00 bits per heavy atom. The SMILES string of the molecule is COCCN(CCc1ccccc1)C(=O)C[C@@H]1CCC[C@H]1N.Cl. The molecule has 130 valence electrons. The van der Waals surface area contributed by atoms with Crippen LogP contribution in [0.25, 0.3) is 0 Å². The first kappa shape index (κ1) is 19.9. The van der Waals surface area contributed by atoms with Gasteiger partial charge in [0.05, 0.1) is 6.61 Å². The van der Waals surface area contributed by atoms with Gasteiger partial charge in [-0.05, 0) is 30.7 Å². The van der Waals surface area contributed by atoms with Gasteiger partial charge >= 0.3 is 0 Å². The van der Waals surface area contributed by atoms with Crippen molar-refractivity contribution >= 4 is 18.3 Å². The number of rotatable bonds is 8. The molecule has 2 atom stereocenters. The lowest BCUT2D eigenvalue weighted by Crippen LogP contribution is -2.38. The molecule has 1 aromatic carbocycles. The Morgan fingerprint density at radius 1 is 1.26 bits per heavy atom. The predicted octanol–water partition coefficient (Wildman–Crippen LogP) is 2.64. The molecule has 0 unspecified atom stereocenters. The standard InChI is InChI=1S/C18H28N2O2.ClH/c1-22-13-12-20(11-10-15-6-3-2-4-7-15)18(21)14-16-8-5-9-17(16)19;/h2-4,6-7,16-17H,5,8-14,19H2,1H3;1H/t16-,17+;/m0./s1. The fourth-order valence-corrected chi connectivity index (χ4v) is 3.14. The third-order valence-electron chi connectivity index (χ3n) is 4.59. The van der Waals surface area contributed by atoms with E-state index in [9.17, 15) is 4.79 Å². The van der Waals surface area contributed by atoms with Gasteiger partial charge in [0.2, 0.25) is 5.91 Å². The molecule has 1 fully saturated rings. The maximum absolute atomic E-state index is 12.6. The molecule has 0 aliphatic heterocycles. The number of carbonyl (C=O) groups is 1. The Bertz CT molecular complexity index is 456. The van der Waals surface area contributed by atoms with Gasteiger partial charge < -0.3 is 15.4 Å². The van der Waals surface area contributed by atoms with E-state index in [4.69, 9.17) is 10.5 Å². The molecule has 1 aliphatic rings. The number of amides is 1. The maximum atomic E-state index is 12.6. The Labute approximate surface area is 145 Å². The number of methoxy groups -OCH3 is 1. The smallest absolute Gasteiger partial charge is 0.222 e. The summed E-state index contributed by atoms with van der Waals surface area (Å²) >= 11 is 0. The lowest BCUT2D eigenvalue weighted by Gasteiger charge is -2.25. The molecule has 5 heteroatoms. The largest absolute Gasteiger partial charge is 0.383 e. The van der Waals surface area contributed by atoms with Crippen molar-refractivity contribution in [2.24, 2.45) is 11.7 Å².